The second kappa shape index (κ2) is 15.4. The van der Waals surface area contributed by atoms with Crippen molar-refractivity contribution in [3.8, 4) is 39.8 Å². The van der Waals surface area contributed by atoms with Crippen molar-refractivity contribution in [2.75, 3.05) is 19.8 Å². The topological polar surface area (TPSA) is 53.5 Å². The van der Waals surface area contributed by atoms with Crippen LogP contribution in [0.4, 0.5) is 0 Å². The Morgan fingerprint density at radius 3 is 1.63 bits per heavy atom. The van der Waals surface area contributed by atoms with Gasteiger partial charge < -0.3 is 14.2 Å². The zero-order chi connectivity index (χ0) is 26.3. The van der Waals surface area contributed by atoms with Gasteiger partial charge in [-0.05, 0) is 66.1 Å². The van der Waals surface area contributed by atoms with Gasteiger partial charge in [0, 0.05) is 12.6 Å². The highest BCUT2D eigenvalue weighted by Crippen LogP contribution is 2.25. The van der Waals surface area contributed by atoms with Gasteiger partial charge in [-0.25, -0.2) is 0 Å². The fourth-order valence-corrected chi connectivity index (χ4v) is 4.13. The van der Waals surface area contributed by atoms with E-state index in [9.17, 15) is 0 Å². The minimum Gasteiger partial charge on any atom is -0.494 e. The third kappa shape index (κ3) is 8.91. The predicted octanol–water partition coefficient (Wildman–Crippen LogP) is 8.40. The van der Waals surface area contributed by atoms with E-state index < -0.39 is 0 Å². The zero-order valence-electron chi connectivity index (χ0n) is 22.4. The summed E-state index contributed by atoms with van der Waals surface area (Å²) in [6.45, 7) is 4.19. The first-order valence-corrected chi connectivity index (χ1v) is 13.8. The van der Waals surface area contributed by atoms with Crippen molar-refractivity contribution >= 4 is 0 Å². The highest BCUT2D eigenvalue weighted by atomic mass is 16.5. The lowest BCUT2D eigenvalue weighted by atomic mass is 10.1. The van der Waals surface area contributed by atoms with Crippen LogP contribution in [0.15, 0.2) is 91.3 Å². The molecule has 4 rings (SSSR count). The van der Waals surface area contributed by atoms with E-state index in [4.69, 9.17) is 14.2 Å². The van der Waals surface area contributed by atoms with E-state index in [1.165, 1.54) is 37.7 Å². The number of hydrogen-bond acceptors (Lipinski definition) is 5. The second-order valence-corrected chi connectivity index (χ2v) is 9.31. The van der Waals surface area contributed by atoms with Crippen LogP contribution in [-0.4, -0.2) is 29.8 Å². The predicted molar refractivity (Wildman–Crippen MR) is 154 cm³/mol. The summed E-state index contributed by atoms with van der Waals surface area (Å²) in [6, 6.07) is 26.2. The molecular weight excluding hydrogens is 472 g/mol. The maximum absolute atomic E-state index is 5.90. The molecule has 0 saturated carbocycles. The van der Waals surface area contributed by atoms with Gasteiger partial charge in [0.25, 0.3) is 0 Å². The zero-order valence-corrected chi connectivity index (χ0v) is 22.4. The largest absolute Gasteiger partial charge is 0.494 e. The fraction of sp³-hybridized carbons (Fsp3) is 0.333. The van der Waals surface area contributed by atoms with Gasteiger partial charge in [-0.2, -0.15) is 0 Å². The van der Waals surface area contributed by atoms with Crippen molar-refractivity contribution in [1.82, 2.24) is 9.97 Å². The summed E-state index contributed by atoms with van der Waals surface area (Å²) in [4.78, 5) is 8.75. The Labute approximate surface area is 226 Å². The quantitative estimate of drug-likeness (QED) is 0.142. The third-order valence-electron chi connectivity index (χ3n) is 6.30. The number of pyridine rings is 2. The molecule has 0 aliphatic carbocycles. The second-order valence-electron chi connectivity index (χ2n) is 9.31. The van der Waals surface area contributed by atoms with Crippen LogP contribution in [0.2, 0.25) is 0 Å². The van der Waals surface area contributed by atoms with Crippen LogP contribution in [0.25, 0.3) is 22.5 Å². The van der Waals surface area contributed by atoms with Crippen molar-refractivity contribution in [3.05, 3.63) is 91.3 Å². The first kappa shape index (κ1) is 27.2. The van der Waals surface area contributed by atoms with E-state index in [0.717, 1.165) is 53.6 Å². The van der Waals surface area contributed by atoms with E-state index in [2.05, 4.69) is 53.3 Å². The SMILES string of the molecule is CCCCCCCCOc1ccc(-c2ccc(OCCCOc3ccc(-c4ccccn4)nc3)cc2)cc1. The molecule has 2 heterocycles. The maximum Gasteiger partial charge on any atom is 0.137 e. The van der Waals surface area contributed by atoms with E-state index in [-0.39, 0.29) is 0 Å². The molecule has 0 radical (unpaired) electrons. The standard InChI is InChI=1S/C33H38N2O3/c1-2-3-4-5-6-9-23-36-29-16-12-27(13-17-29)28-14-18-30(19-15-28)37-24-10-25-38-31-20-21-33(35-26-31)32-11-7-8-22-34-32/h7-8,11-22,26H,2-6,9-10,23-25H2,1H3. The number of hydrogen-bond donors (Lipinski definition) is 0. The van der Waals surface area contributed by atoms with Crippen molar-refractivity contribution in [2.45, 2.75) is 51.9 Å². The molecule has 4 aromatic rings. The summed E-state index contributed by atoms with van der Waals surface area (Å²) >= 11 is 0. The Balaban J connectivity index is 1.12. The average Bonchev–Trinajstić information content (AvgIpc) is 2.98. The van der Waals surface area contributed by atoms with Crippen LogP contribution in [-0.2, 0) is 0 Å². The van der Waals surface area contributed by atoms with Crippen molar-refractivity contribution in [2.24, 2.45) is 0 Å². The molecule has 198 valence electrons. The lowest BCUT2D eigenvalue weighted by Gasteiger charge is -2.10. The molecule has 0 unspecified atom stereocenters. The monoisotopic (exact) mass is 510 g/mol. The van der Waals surface area contributed by atoms with Crippen molar-refractivity contribution < 1.29 is 14.2 Å². The molecule has 5 nitrogen and oxygen atoms in total. The van der Waals surface area contributed by atoms with Crippen LogP contribution < -0.4 is 14.2 Å². The lowest BCUT2D eigenvalue weighted by molar-refractivity contribution is 0.247. The lowest BCUT2D eigenvalue weighted by Crippen LogP contribution is -2.05. The van der Waals surface area contributed by atoms with E-state index in [0.29, 0.717) is 13.2 Å². The Bertz CT molecular complexity index is 1180. The van der Waals surface area contributed by atoms with Gasteiger partial charge >= 0.3 is 0 Å². The summed E-state index contributed by atoms with van der Waals surface area (Å²) < 4.78 is 17.6. The van der Waals surface area contributed by atoms with Crippen molar-refractivity contribution in [3.63, 3.8) is 0 Å². The molecule has 38 heavy (non-hydrogen) atoms. The Morgan fingerprint density at radius 2 is 1.05 bits per heavy atom. The molecule has 0 spiro atoms. The molecule has 0 bridgehead atoms. The molecule has 0 atom stereocenters. The Morgan fingerprint density at radius 1 is 0.500 bits per heavy atom. The van der Waals surface area contributed by atoms with E-state index >= 15 is 0 Å². The van der Waals surface area contributed by atoms with E-state index in [1.807, 2.05) is 42.5 Å². The van der Waals surface area contributed by atoms with Crippen molar-refractivity contribution in [1.29, 1.82) is 0 Å². The van der Waals surface area contributed by atoms with Crippen LogP contribution in [0, 0.1) is 0 Å². The smallest absolute Gasteiger partial charge is 0.137 e. The number of aromatic nitrogens is 2. The number of unbranched alkanes of at least 4 members (excludes halogenated alkanes) is 5. The minimum atomic E-state index is 0.565. The molecule has 0 fully saturated rings. The summed E-state index contributed by atoms with van der Waals surface area (Å²) in [5, 5.41) is 0. The highest BCUT2D eigenvalue weighted by molar-refractivity contribution is 5.64. The summed E-state index contributed by atoms with van der Waals surface area (Å²) in [6.07, 6.45) is 11.9. The van der Waals surface area contributed by atoms with Gasteiger partial charge in [-0.1, -0.05) is 69.4 Å². The van der Waals surface area contributed by atoms with Gasteiger partial charge in [0.15, 0.2) is 0 Å². The third-order valence-corrected chi connectivity index (χ3v) is 6.30. The first-order valence-electron chi connectivity index (χ1n) is 13.8. The van der Waals surface area contributed by atoms with Crippen LogP contribution in [0.3, 0.4) is 0 Å². The fourth-order valence-electron chi connectivity index (χ4n) is 4.13. The van der Waals surface area contributed by atoms with Crippen LogP contribution in [0.5, 0.6) is 17.2 Å². The summed E-state index contributed by atoms with van der Waals surface area (Å²) in [5.41, 5.74) is 4.00. The average molecular weight is 511 g/mol. The van der Waals surface area contributed by atoms with Crippen LogP contribution in [0.1, 0.15) is 51.9 Å². The molecule has 2 aromatic carbocycles. The minimum absolute atomic E-state index is 0.565. The Hall–Kier alpha value is -3.86. The number of rotatable bonds is 16. The maximum atomic E-state index is 5.90. The normalized spacial score (nSPS) is 10.8. The number of nitrogens with zero attached hydrogens (tertiary/aromatic N) is 2. The van der Waals surface area contributed by atoms with Gasteiger partial charge in [0.05, 0.1) is 37.4 Å². The molecule has 0 aliphatic heterocycles. The Kier molecular flexibility index (Phi) is 11.0. The summed E-state index contributed by atoms with van der Waals surface area (Å²) in [5.74, 6) is 2.53. The molecule has 0 amide bonds. The van der Waals surface area contributed by atoms with E-state index in [1.54, 1.807) is 12.4 Å². The first-order chi connectivity index (χ1) is 18.8. The highest BCUT2D eigenvalue weighted by Gasteiger charge is 2.03. The van der Waals surface area contributed by atoms with Gasteiger partial charge in [-0.15, -0.1) is 0 Å². The van der Waals surface area contributed by atoms with Gasteiger partial charge in [0.2, 0.25) is 0 Å². The number of benzene rings is 2. The number of ether oxygens (including phenoxy) is 3. The molecule has 0 N–H and O–H groups in total. The molecule has 5 heteroatoms. The van der Waals surface area contributed by atoms with Gasteiger partial charge in [-0.3, -0.25) is 9.97 Å². The molecule has 0 aliphatic rings. The molecule has 0 saturated heterocycles. The molecular formula is C33H38N2O3. The van der Waals surface area contributed by atoms with Crippen LogP contribution >= 0.6 is 0 Å². The summed E-state index contributed by atoms with van der Waals surface area (Å²) in [7, 11) is 0. The molecule has 2 aromatic heterocycles. The van der Waals surface area contributed by atoms with Gasteiger partial charge in [0.1, 0.15) is 17.2 Å².